The van der Waals surface area contributed by atoms with Gasteiger partial charge in [-0.1, -0.05) is 48.0 Å². The highest BCUT2D eigenvalue weighted by Crippen LogP contribution is 2.26. The number of nitrogens with zero attached hydrogens (tertiary/aromatic N) is 2. The molecule has 3 aromatic carbocycles. The van der Waals surface area contributed by atoms with E-state index in [4.69, 9.17) is 4.74 Å². The summed E-state index contributed by atoms with van der Waals surface area (Å²) < 4.78 is 59.8. The molecule has 0 saturated carbocycles. The minimum atomic E-state index is -3.95. The lowest BCUT2D eigenvalue weighted by molar-refractivity contribution is 0.375. The third-order valence-corrected chi connectivity index (χ3v) is 8.89. The summed E-state index contributed by atoms with van der Waals surface area (Å²) in [6, 6.07) is 20.2. The van der Waals surface area contributed by atoms with Crippen molar-refractivity contribution in [1.29, 1.82) is 0 Å². The summed E-state index contributed by atoms with van der Waals surface area (Å²) in [6.45, 7) is 2.22. The molecular weight excluding hydrogens is 460 g/mol. The van der Waals surface area contributed by atoms with Crippen LogP contribution in [-0.2, 0) is 33.1 Å². The van der Waals surface area contributed by atoms with Gasteiger partial charge in [0.1, 0.15) is 5.75 Å². The fraction of sp³-hybridized carbons (Fsp3) is 0.250. The van der Waals surface area contributed by atoms with E-state index in [0.29, 0.717) is 5.75 Å². The van der Waals surface area contributed by atoms with Crippen molar-refractivity contribution in [3.8, 4) is 5.75 Å². The van der Waals surface area contributed by atoms with Crippen LogP contribution in [0.4, 0.5) is 0 Å². The summed E-state index contributed by atoms with van der Waals surface area (Å²) in [5, 5.41) is 0. The molecule has 0 bridgehead atoms. The summed E-state index contributed by atoms with van der Waals surface area (Å²) >= 11 is 0. The zero-order valence-corrected chi connectivity index (χ0v) is 20.7. The SMILES string of the molecule is COc1ccccc1CN(Cc1ccc(C)cc1)S(=O)(=O)c1ccc(S(=O)(=O)N(C)C)cc1. The molecule has 0 aromatic heterocycles. The Morgan fingerprint density at radius 3 is 1.82 bits per heavy atom. The Kier molecular flexibility index (Phi) is 7.58. The Hall–Kier alpha value is -2.72. The summed E-state index contributed by atoms with van der Waals surface area (Å²) in [7, 11) is -3.21. The molecule has 9 heteroatoms. The van der Waals surface area contributed by atoms with E-state index in [-0.39, 0.29) is 22.9 Å². The molecule has 0 atom stereocenters. The molecule has 0 heterocycles. The van der Waals surface area contributed by atoms with Crippen LogP contribution in [0.5, 0.6) is 5.75 Å². The topological polar surface area (TPSA) is 84.0 Å². The van der Waals surface area contributed by atoms with Crippen LogP contribution in [0.1, 0.15) is 16.7 Å². The lowest BCUT2D eigenvalue weighted by Gasteiger charge is -2.24. The van der Waals surface area contributed by atoms with Crippen molar-refractivity contribution in [3.05, 3.63) is 89.5 Å². The molecule has 0 radical (unpaired) electrons. The maximum absolute atomic E-state index is 13.6. The van der Waals surface area contributed by atoms with Crippen molar-refractivity contribution in [2.24, 2.45) is 0 Å². The van der Waals surface area contributed by atoms with Gasteiger partial charge in [0.2, 0.25) is 20.0 Å². The summed E-state index contributed by atoms with van der Waals surface area (Å²) in [6.07, 6.45) is 0. The van der Waals surface area contributed by atoms with Crippen molar-refractivity contribution in [2.45, 2.75) is 29.8 Å². The minimum Gasteiger partial charge on any atom is -0.496 e. The van der Waals surface area contributed by atoms with Crippen LogP contribution in [-0.4, -0.2) is 46.7 Å². The molecule has 176 valence electrons. The molecule has 0 aliphatic rings. The highest BCUT2D eigenvalue weighted by Gasteiger charge is 2.27. The van der Waals surface area contributed by atoms with Crippen molar-refractivity contribution >= 4 is 20.0 Å². The average Bonchev–Trinajstić information content (AvgIpc) is 2.80. The van der Waals surface area contributed by atoms with E-state index in [0.717, 1.165) is 21.0 Å². The third-order valence-electron chi connectivity index (χ3n) is 5.26. The highest BCUT2D eigenvalue weighted by atomic mass is 32.2. The Balaban J connectivity index is 2.01. The van der Waals surface area contributed by atoms with E-state index in [1.807, 2.05) is 49.4 Å². The number of sulfonamides is 2. The van der Waals surface area contributed by atoms with Crippen molar-refractivity contribution in [1.82, 2.24) is 8.61 Å². The summed E-state index contributed by atoms with van der Waals surface area (Å²) in [4.78, 5) is 0.0449. The predicted molar refractivity (Wildman–Crippen MR) is 128 cm³/mol. The number of hydrogen-bond donors (Lipinski definition) is 0. The van der Waals surface area contributed by atoms with Crippen LogP contribution in [0.3, 0.4) is 0 Å². The van der Waals surface area contributed by atoms with Gasteiger partial charge in [0, 0.05) is 32.7 Å². The Bertz CT molecular complexity index is 1300. The molecule has 33 heavy (non-hydrogen) atoms. The molecule has 0 aliphatic heterocycles. The second-order valence-electron chi connectivity index (χ2n) is 7.83. The molecule has 0 N–H and O–H groups in total. The van der Waals surface area contributed by atoms with Crippen LogP contribution in [0.25, 0.3) is 0 Å². The number of benzene rings is 3. The predicted octanol–water partition coefficient (Wildman–Crippen LogP) is 3.65. The zero-order chi connectivity index (χ0) is 24.2. The van der Waals surface area contributed by atoms with Gasteiger partial charge in [-0.3, -0.25) is 0 Å². The Morgan fingerprint density at radius 1 is 0.727 bits per heavy atom. The maximum atomic E-state index is 13.6. The monoisotopic (exact) mass is 488 g/mol. The maximum Gasteiger partial charge on any atom is 0.243 e. The Morgan fingerprint density at radius 2 is 1.27 bits per heavy atom. The lowest BCUT2D eigenvalue weighted by atomic mass is 10.1. The smallest absolute Gasteiger partial charge is 0.243 e. The van der Waals surface area contributed by atoms with Crippen LogP contribution < -0.4 is 4.74 Å². The van der Waals surface area contributed by atoms with Crippen LogP contribution >= 0.6 is 0 Å². The van der Waals surface area contributed by atoms with Gasteiger partial charge < -0.3 is 4.74 Å². The number of hydrogen-bond acceptors (Lipinski definition) is 5. The fourth-order valence-electron chi connectivity index (χ4n) is 3.29. The molecule has 0 aliphatic carbocycles. The largest absolute Gasteiger partial charge is 0.496 e. The second-order valence-corrected chi connectivity index (χ2v) is 11.9. The number of methoxy groups -OCH3 is 1. The molecule has 3 rings (SSSR count). The van der Waals surface area contributed by atoms with Gasteiger partial charge in [0.25, 0.3) is 0 Å². The quantitative estimate of drug-likeness (QED) is 0.459. The average molecular weight is 489 g/mol. The van der Waals surface area contributed by atoms with E-state index in [1.54, 1.807) is 13.2 Å². The number of rotatable bonds is 9. The van der Waals surface area contributed by atoms with E-state index < -0.39 is 20.0 Å². The van der Waals surface area contributed by atoms with Gasteiger partial charge in [0.05, 0.1) is 16.9 Å². The minimum absolute atomic E-state index is 0.0159. The number of ether oxygens (including phenoxy) is 1. The van der Waals surface area contributed by atoms with Crippen LogP contribution in [0, 0.1) is 6.92 Å². The van der Waals surface area contributed by atoms with E-state index in [1.165, 1.54) is 42.7 Å². The van der Waals surface area contributed by atoms with Crippen molar-refractivity contribution in [3.63, 3.8) is 0 Å². The molecule has 0 unspecified atom stereocenters. The van der Waals surface area contributed by atoms with Gasteiger partial charge in [-0.25, -0.2) is 21.1 Å². The molecule has 0 saturated heterocycles. The first-order chi connectivity index (χ1) is 15.6. The third kappa shape index (κ3) is 5.62. The molecule has 0 spiro atoms. The molecule has 0 amide bonds. The first-order valence-electron chi connectivity index (χ1n) is 10.3. The molecule has 7 nitrogen and oxygen atoms in total. The van der Waals surface area contributed by atoms with Gasteiger partial charge in [0.15, 0.2) is 0 Å². The van der Waals surface area contributed by atoms with Gasteiger partial charge in [-0.15, -0.1) is 0 Å². The van der Waals surface area contributed by atoms with Crippen LogP contribution in [0.2, 0.25) is 0 Å². The Labute approximate surface area is 196 Å². The summed E-state index contributed by atoms with van der Waals surface area (Å²) in [5.74, 6) is 0.592. The number of para-hydroxylation sites is 1. The molecule has 3 aromatic rings. The highest BCUT2D eigenvalue weighted by molar-refractivity contribution is 7.89. The van der Waals surface area contributed by atoms with Crippen molar-refractivity contribution in [2.75, 3.05) is 21.2 Å². The van der Waals surface area contributed by atoms with Gasteiger partial charge in [-0.2, -0.15) is 4.31 Å². The van der Waals surface area contributed by atoms with Gasteiger partial charge in [-0.05, 0) is 42.8 Å². The molecular formula is C24H28N2O5S2. The van der Waals surface area contributed by atoms with Gasteiger partial charge >= 0.3 is 0 Å². The van der Waals surface area contributed by atoms with E-state index in [2.05, 4.69) is 0 Å². The molecule has 0 fully saturated rings. The second kappa shape index (κ2) is 10.0. The normalized spacial score (nSPS) is 12.3. The summed E-state index contributed by atoms with van der Waals surface area (Å²) in [5.41, 5.74) is 2.64. The fourth-order valence-corrected chi connectivity index (χ4v) is 5.60. The van der Waals surface area contributed by atoms with Crippen LogP contribution in [0.15, 0.2) is 82.6 Å². The van der Waals surface area contributed by atoms with E-state index in [9.17, 15) is 16.8 Å². The first-order valence-corrected chi connectivity index (χ1v) is 13.1. The van der Waals surface area contributed by atoms with E-state index >= 15 is 0 Å². The zero-order valence-electron chi connectivity index (χ0n) is 19.1. The lowest BCUT2D eigenvalue weighted by Crippen LogP contribution is -2.30. The first kappa shape index (κ1) is 24.9. The number of aryl methyl sites for hydroxylation is 1. The standard InChI is InChI=1S/C24H28N2O5S2/c1-19-9-11-20(12-10-19)17-26(18-21-7-5-6-8-24(21)31-4)33(29,30)23-15-13-22(14-16-23)32(27,28)25(2)3/h5-16H,17-18H2,1-4H3. The van der Waals surface area contributed by atoms with Crippen molar-refractivity contribution < 1.29 is 21.6 Å².